The van der Waals surface area contributed by atoms with Crippen LogP contribution in [-0.4, -0.2) is 32.0 Å². The van der Waals surface area contributed by atoms with E-state index in [0.29, 0.717) is 5.69 Å². The van der Waals surface area contributed by atoms with Crippen molar-refractivity contribution < 1.29 is 18.9 Å². The summed E-state index contributed by atoms with van der Waals surface area (Å²) < 4.78 is 13.2. The molecule has 144 valence electrons. The van der Waals surface area contributed by atoms with Crippen molar-refractivity contribution in [3.8, 4) is 0 Å². The van der Waals surface area contributed by atoms with Gasteiger partial charge >= 0.3 is 0 Å². The molecular weight excluding hydrogens is 345 g/mol. The molecule has 0 spiro atoms. The number of hydrogen-bond acceptors (Lipinski definition) is 2. The van der Waals surface area contributed by atoms with E-state index in [9.17, 15) is 14.0 Å². The molecule has 2 atom stereocenters. The zero-order chi connectivity index (χ0) is 20.0. The average molecular weight is 372 g/mol. The lowest BCUT2D eigenvalue weighted by atomic mass is 10.0. The van der Waals surface area contributed by atoms with Crippen LogP contribution in [0.4, 0.5) is 10.1 Å². The molecule has 3 N–H and O–H groups in total. The van der Waals surface area contributed by atoms with Gasteiger partial charge in [0.2, 0.25) is 0 Å². The number of nitrogens with one attached hydrogen (secondary N) is 3. The molecule has 27 heavy (non-hydrogen) atoms. The molecule has 2 rings (SSSR count). The normalized spacial score (nSPS) is 12.9. The maximum absolute atomic E-state index is 13.2. The number of quaternary nitrogens is 1. The Labute approximate surface area is 159 Å². The van der Waals surface area contributed by atoms with E-state index in [2.05, 4.69) is 23.6 Å². The van der Waals surface area contributed by atoms with Gasteiger partial charge in [-0.1, -0.05) is 24.3 Å². The number of aryl methyl sites for hydroxylation is 2. The second-order valence-corrected chi connectivity index (χ2v) is 7.00. The van der Waals surface area contributed by atoms with Gasteiger partial charge < -0.3 is 15.5 Å². The maximum atomic E-state index is 13.2. The third-order valence-corrected chi connectivity index (χ3v) is 4.44. The molecule has 0 aromatic heterocycles. The van der Waals surface area contributed by atoms with Crippen molar-refractivity contribution in [2.45, 2.75) is 26.8 Å². The monoisotopic (exact) mass is 372 g/mol. The third-order valence-electron chi connectivity index (χ3n) is 4.44. The van der Waals surface area contributed by atoms with E-state index < -0.39 is 5.82 Å². The fourth-order valence-corrected chi connectivity index (χ4v) is 2.79. The van der Waals surface area contributed by atoms with Gasteiger partial charge in [0.05, 0.1) is 13.1 Å². The van der Waals surface area contributed by atoms with Gasteiger partial charge in [-0.2, -0.15) is 0 Å². The summed E-state index contributed by atoms with van der Waals surface area (Å²) in [5, 5.41) is 5.60. The predicted octanol–water partition coefficient (Wildman–Crippen LogP) is 1.77. The fourth-order valence-electron chi connectivity index (χ4n) is 2.79. The Morgan fingerprint density at radius 2 is 1.74 bits per heavy atom. The van der Waals surface area contributed by atoms with Gasteiger partial charge in [-0.15, -0.1) is 0 Å². The summed E-state index contributed by atoms with van der Waals surface area (Å²) in [6, 6.07) is 11.7. The van der Waals surface area contributed by atoms with Gasteiger partial charge in [0.15, 0.2) is 13.1 Å². The molecule has 0 aliphatic heterocycles. The summed E-state index contributed by atoms with van der Waals surface area (Å²) in [6.07, 6.45) is 0. The summed E-state index contributed by atoms with van der Waals surface area (Å²) in [5.41, 5.74) is 3.85. The van der Waals surface area contributed by atoms with Crippen molar-refractivity contribution in [1.82, 2.24) is 5.32 Å². The molecule has 2 aromatic rings. The van der Waals surface area contributed by atoms with Crippen LogP contribution in [0.3, 0.4) is 0 Å². The summed E-state index contributed by atoms with van der Waals surface area (Å²) in [7, 11) is 1.77. The number of benzene rings is 2. The van der Waals surface area contributed by atoms with Crippen molar-refractivity contribution in [3.63, 3.8) is 0 Å². The lowest BCUT2D eigenvalue weighted by Crippen LogP contribution is -3.11. The van der Waals surface area contributed by atoms with Crippen LogP contribution in [-0.2, 0) is 9.59 Å². The topological polar surface area (TPSA) is 62.6 Å². The quantitative estimate of drug-likeness (QED) is 0.694. The molecule has 2 aromatic carbocycles. The minimum absolute atomic E-state index is 0.106. The second kappa shape index (κ2) is 9.28. The van der Waals surface area contributed by atoms with Crippen LogP contribution < -0.4 is 15.5 Å². The van der Waals surface area contributed by atoms with Crippen LogP contribution in [0.15, 0.2) is 42.5 Å². The number of anilines is 1. The number of halogens is 1. The molecule has 0 bridgehead atoms. The van der Waals surface area contributed by atoms with E-state index in [1.54, 1.807) is 13.1 Å². The molecule has 0 heterocycles. The molecular formula is C21H27FN3O2+. The molecule has 1 unspecified atom stereocenters. The van der Waals surface area contributed by atoms with Crippen LogP contribution in [0.25, 0.3) is 0 Å². The zero-order valence-corrected chi connectivity index (χ0v) is 16.2. The first-order valence-electron chi connectivity index (χ1n) is 8.98. The standard InChI is InChI=1S/C21H26FN3O2/c1-14-8-9-17(10-15(14)2)16(3)23-20(26)12-25(4)13-21(27)24-19-7-5-6-18(22)11-19/h5-11,16H,12-13H2,1-4H3,(H,23,26)(H,24,27)/p+1/t16-/m0/s1. The number of amides is 2. The molecule has 0 aliphatic rings. The highest BCUT2D eigenvalue weighted by atomic mass is 19.1. The van der Waals surface area contributed by atoms with E-state index in [1.165, 1.54) is 29.3 Å². The van der Waals surface area contributed by atoms with Gasteiger partial charge in [0.1, 0.15) is 5.82 Å². The van der Waals surface area contributed by atoms with Crippen LogP contribution in [0, 0.1) is 19.7 Å². The van der Waals surface area contributed by atoms with Crippen molar-refractivity contribution in [1.29, 1.82) is 0 Å². The van der Waals surface area contributed by atoms with Crippen LogP contribution in [0.2, 0.25) is 0 Å². The van der Waals surface area contributed by atoms with Gasteiger partial charge in [-0.3, -0.25) is 9.59 Å². The Bertz CT molecular complexity index is 823. The number of carbonyl (C=O) groups excluding carboxylic acids is 2. The van der Waals surface area contributed by atoms with Crippen molar-refractivity contribution in [2.24, 2.45) is 0 Å². The van der Waals surface area contributed by atoms with Gasteiger partial charge in [-0.05, 0) is 55.7 Å². The summed E-state index contributed by atoms with van der Waals surface area (Å²) in [5.74, 6) is -0.807. The predicted molar refractivity (Wildman–Crippen MR) is 104 cm³/mol. The first-order valence-corrected chi connectivity index (χ1v) is 8.98. The number of hydrogen-bond donors (Lipinski definition) is 3. The molecule has 5 nitrogen and oxygen atoms in total. The summed E-state index contributed by atoms with van der Waals surface area (Å²) in [4.78, 5) is 25.0. The minimum Gasteiger partial charge on any atom is -0.345 e. The average Bonchev–Trinajstić information content (AvgIpc) is 2.56. The van der Waals surface area contributed by atoms with Gasteiger partial charge in [-0.25, -0.2) is 4.39 Å². The highest BCUT2D eigenvalue weighted by Gasteiger charge is 2.17. The van der Waals surface area contributed by atoms with E-state index in [1.807, 2.05) is 26.0 Å². The lowest BCUT2D eigenvalue weighted by Gasteiger charge is -2.18. The number of carbonyl (C=O) groups is 2. The molecule has 6 heteroatoms. The maximum Gasteiger partial charge on any atom is 0.279 e. The molecule has 2 amide bonds. The second-order valence-electron chi connectivity index (χ2n) is 7.00. The van der Waals surface area contributed by atoms with Crippen molar-refractivity contribution in [2.75, 3.05) is 25.5 Å². The van der Waals surface area contributed by atoms with Crippen molar-refractivity contribution in [3.05, 3.63) is 65.0 Å². The SMILES string of the molecule is Cc1ccc([C@H](C)NC(=O)C[NH+](C)CC(=O)Nc2cccc(F)c2)cc1C. The molecule has 0 aliphatic carbocycles. The molecule has 0 saturated carbocycles. The third kappa shape index (κ3) is 6.49. The van der Waals surface area contributed by atoms with E-state index in [0.717, 1.165) is 10.5 Å². The largest absolute Gasteiger partial charge is 0.345 e. The Hall–Kier alpha value is -2.73. The van der Waals surface area contributed by atoms with Crippen LogP contribution in [0.1, 0.15) is 29.7 Å². The van der Waals surface area contributed by atoms with Gasteiger partial charge in [0.25, 0.3) is 11.8 Å². The van der Waals surface area contributed by atoms with Crippen molar-refractivity contribution >= 4 is 17.5 Å². The zero-order valence-electron chi connectivity index (χ0n) is 16.2. The minimum atomic E-state index is -0.409. The highest BCUT2D eigenvalue weighted by molar-refractivity contribution is 5.91. The molecule has 0 radical (unpaired) electrons. The van der Waals surface area contributed by atoms with Crippen LogP contribution in [0.5, 0.6) is 0 Å². The summed E-state index contributed by atoms with van der Waals surface area (Å²) in [6.45, 7) is 6.32. The Morgan fingerprint density at radius 1 is 1.04 bits per heavy atom. The molecule has 0 saturated heterocycles. The first-order chi connectivity index (χ1) is 12.7. The Kier molecular flexibility index (Phi) is 7.07. The lowest BCUT2D eigenvalue weighted by molar-refractivity contribution is -0.862. The Morgan fingerprint density at radius 3 is 2.41 bits per heavy atom. The first kappa shape index (κ1) is 20.6. The summed E-state index contributed by atoms with van der Waals surface area (Å²) >= 11 is 0. The van der Waals surface area contributed by atoms with Gasteiger partial charge in [0, 0.05) is 5.69 Å². The number of likely N-dealkylation sites (N-methyl/N-ethyl adjacent to an activating group) is 1. The molecule has 0 fully saturated rings. The Balaban J connectivity index is 1.82. The highest BCUT2D eigenvalue weighted by Crippen LogP contribution is 2.16. The van der Waals surface area contributed by atoms with Crippen LogP contribution >= 0.6 is 0 Å². The smallest absolute Gasteiger partial charge is 0.279 e. The number of rotatable bonds is 7. The van der Waals surface area contributed by atoms with E-state index in [-0.39, 0.29) is 30.9 Å². The fraction of sp³-hybridized carbons (Fsp3) is 0.333. The van der Waals surface area contributed by atoms with E-state index in [4.69, 9.17) is 0 Å². The van der Waals surface area contributed by atoms with E-state index >= 15 is 0 Å².